The molecule has 0 atom stereocenters. The van der Waals surface area contributed by atoms with E-state index in [0.29, 0.717) is 0 Å². The number of aromatic nitrogens is 5. The lowest BCUT2D eigenvalue weighted by Gasteiger charge is -2.17. The van der Waals surface area contributed by atoms with Gasteiger partial charge in [-0.2, -0.15) is 0 Å². The molecule has 0 N–H and O–H groups in total. The summed E-state index contributed by atoms with van der Waals surface area (Å²) in [5.41, 5.74) is 25.2. The second kappa shape index (κ2) is 18.7. The predicted octanol–water partition coefficient (Wildman–Crippen LogP) is 21.0. The Morgan fingerprint density at radius 2 is 0.628 bits per heavy atom. The molecule has 0 radical (unpaired) electrons. The lowest BCUT2D eigenvalue weighted by molar-refractivity contribution is 1.09. The van der Waals surface area contributed by atoms with Gasteiger partial charge in [0.1, 0.15) is 0 Å². The monoisotopic (exact) mass is 1100 g/mol. The number of hydrogen-bond acceptors (Lipinski definition) is 0. The van der Waals surface area contributed by atoms with Crippen molar-refractivity contribution in [2.45, 2.75) is 20.3 Å². The topological polar surface area (TPSA) is 24.6 Å². The van der Waals surface area contributed by atoms with Gasteiger partial charge in [0.15, 0.2) is 0 Å². The van der Waals surface area contributed by atoms with E-state index in [4.69, 9.17) is 0 Å². The molecule has 0 aliphatic carbocycles. The van der Waals surface area contributed by atoms with Gasteiger partial charge in [-0.3, -0.25) is 0 Å². The maximum absolute atomic E-state index is 2.51. The van der Waals surface area contributed by atoms with Gasteiger partial charge < -0.3 is 22.8 Å². The molecule has 0 unspecified atom stereocenters. The van der Waals surface area contributed by atoms with E-state index in [0.717, 1.165) is 17.8 Å². The van der Waals surface area contributed by atoms with Crippen LogP contribution in [-0.4, -0.2) is 22.8 Å². The van der Waals surface area contributed by atoms with Crippen LogP contribution in [0.1, 0.15) is 22.3 Å². The molecular formula is C81H55N5. The first kappa shape index (κ1) is 48.4. The van der Waals surface area contributed by atoms with Crippen molar-refractivity contribution in [2.24, 2.45) is 0 Å². The van der Waals surface area contributed by atoms with Gasteiger partial charge in [-0.25, -0.2) is 0 Å². The van der Waals surface area contributed by atoms with Crippen molar-refractivity contribution >= 4 is 109 Å². The third kappa shape index (κ3) is 7.06. The van der Waals surface area contributed by atoms with Crippen molar-refractivity contribution in [3.05, 3.63) is 307 Å². The SMILES string of the molecule is Cc1c(-n2c3ccccc3c3ccccc32)cccc1-n1c2ccccc2c2cc(-c3ccc4c(c3)c3ccccc3n4-c3cc(Cc4ccc(C)c5c4c4ccccc4n5-c4ccccc4)cc(-n4c5ccccc5c5ccccc54)c3)ccc21. The van der Waals surface area contributed by atoms with Crippen LogP contribution in [0, 0.1) is 13.8 Å². The highest BCUT2D eigenvalue weighted by atomic mass is 15.0. The van der Waals surface area contributed by atoms with Crippen molar-refractivity contribution in [1.29, 1.82) is 0 Å². The minimum Gasteiger partial charge on any atom is -0.309 e. The second-order valence-electron chi connectivity index (χ2n) is 23.3. The van der Waals surface area contributed by atoms with Gasteiger partial charge in [0, 0.05) is 70.9 Å². The summed E-state index contributed by atoms with van der Waals surface area (Å²) in [7, 11) is 0. The lowest BCUT2D eigenvalue weighted by Crippen LogP contribution is -2.03. The normalized spacial score (nSPS) is 12.1. The molecule has 18 rings (SSSR count). The number of para-hydroxylation sites is 8. The fourth-order valence-corrected chi connectivity index (χ4v) is 14.9. The van der Waals surface area contributed by atoms with Gasteiger partial charge in [0.25, 0.3) is 0 Å². The van der Waals surface area contributed by atoms with E-state index in [1.807, 2.05) is 0 Å². The van der Waals surface area contributed by atoms with Gasteiger partial charge in [0.2, 0.25) is 0 Å². The van der Waals surface area contributed by atoms with Gasteiger partial charge in [-0.15, -0.1) is 0 Å². The summed E-state index contributed by atoms with van der Waals surface area (Å²) in [6.45, 7) is 4.54. The molecule has 13 aromatic carbocycles. The molecule has 5 heterocycles. The summed E-state index contributed by atoms with van der Waals surface area (Å²) < 4.78 is 12.4. The second-order valence-corrected chi connectivity index (χ2v) is 23.3. The van der Waals surface area contributed by atoms with E-state index in [-0.39, 0.29) is 0 Å². The zero-order valence-corrected chi connectivity index (χ0v) is 47.6. The van der Waals surface area contributed by atoms with Crippen molar-refractivity contribution < 1.29 is 0 Å². The largest absolute Gasteiger partial charge is 0.309 e. The number of rotatable bonds is 8. The molecule has 0 aliphatic heterocycles. The highest BCUT2D eigenvalue weighted by Crippen LogP contribution is 2.43. The van der Waals surface area contributed by atoms with E-state index in [1.54, 1.807) is 0 Å². The van der Waals surface area contributed by atoms with Gasteiger partial charge in [-0.05, 0) is 163 Å². The first-order chi connectivity index (χ1) is 42.5. The summed E-state index contributed by atoms with van der Waals surface area (Å²) in [5, 5.41) is 12.5. The Kier molecular flexibility index (Phi) is 10.5. The Bertz CT molecular complexity index is 5730. The van der Waals surface area contributed by atoms with E-state index < -0.39 is 0 Å². The van der Waals surface area contributed by atoms with Crippen molar-refractivity contribution in [3.8, 4) is 39.6 Å². The zero-order valence-electron chi connectivity index (χ0n) is 47.6. The zero-order chi connectivity index (χ0) is 56.7. The van der Waals surface area contributed by atoms with Crippen LogP contribution >= 0.6 is 0 Å². The Balaban J connectivity index is 0.807. The van der Waals surface area contributed by atoms with Crippen LogP contribution in [0.2, 0.25) is 0 Å². The third-order valence-electron chi connectivity index (χ3n) is 18.6. The van der Waals surface area contributed by atoms with Crippen LogP contribution in [0.4, 0.5) is 0 Å². The molecule has 0 saturated carbocycles. The predicted molar refractivity (Wildman–Crippen MR) is 362 cm³/mol. The summed E-state index contributed by atoms with van der Waals surface area (Å²) in [4.78, 5) is 0. The molecule has 404 valence electrons. The van der Waals surface area contributed by atoms with Crippen molar-refractivity contribution in [1.82, 2.24) is 22.8 Å². The van der Waals surface area contributed by atoms with E-state index >= 15 is 0 Å². The van der Waals surface area contributed by atoms with Crippen LogP contribution < -0.4 is 0 Å². The van der Waals surface area contributed by atoms with E-state index in [1.165, 1.54) is 159 Å². The minimum atomic E-state index is 0.740. The molecule has 5 nitrogen and oxygen atoms in total. The summed E-state index contributed by atoms with van der Waals surface area (Å²) in [5.74, 6) is 0. The van der Waals surface area contributed by atoms with Crippen LogP contribution in [0.15, 0.2) is 285 Å². The van der Waals surface area contributed by atoms with Gasteiger partial charge in [0.05, 0.1) is 66.5 Å². The molecule has 0 amide bonds. The van der Waals surface area contributed by atoms with Crippen molar-refractivity contribution in [3.63, 3.8) is 0 Å². The van der Waals surface area contributed by atoms with E-state index in [9.17, 15) is 0 Å². The summed E-state index contributed by atoms with van der Waals surface area (Å²) in [6.07, 6.45) is 0.740. The van der Waals surface area contributed by atoms with Gasteiger partial charge >= 0.3 is 0 Å². The molecule has 0 spiro atoms. The number of nitrogens with zero attached hydrogens (tertiary/aromatic N) is 5. The van der Waals surface area contributed by atoms with Crippen LogP contribution in [0.3, 0.4) is 0 Å². The quantitative estimate of drug-likeness (QED) is 0.145. The first-order valence-corrected chi connectivity index (χ1v) is 29.9. The van der Waals surface area contributed by atoms with E-state index in [2.05, 4.69) is 322 Å². The molecule has 0 bridgehead atoms. The standard InChI is InChI=1S/C81H55N5/c1-51-39-40-56(80-66-29-12-19-36-77(66)84(81(51)80)57-21-4-3-5-22-57)45-53-46-58(82-71-30-13-6-23-60(71)61-24-7-14-31-72(61)82)50-59(47-53)83-73-32-15-10-27-64(73)67-48-54(41-43-78(67)83)55-42-44-79-68(49-55)65-28-11-18-35-76(65)86(79)70-38-20-37-69(52(70)2)85-74-33-16-8-25-62(74)63-26-9-17-34-75(63)85/h3-44,46-50H,45H2,1-2H3. The molecule has 0 saturated heterocycles. The third-order valence-corrected chi connectivity index (χ3v) is 18.6. The Morgan fingerprint density at radius 1 is 0.256 bits per heavy atom. The van der Waals surface area contributed by atoms with Crippen LogP contribution in [0.25, 0.3) is 149 Å². The minimum absolute atomic E-state index is 0.740. The first-order valence-electron chi connectivity index (χ1n) is 29.9. The van der Waals surface area contributed by atoms with Crippen LogP contribution in [-0.2, 0) is 6.42 Å². The van der Waals surface area contributed by atoms with Crippen LogP contribution in [0.5, 0.6) is 0 Å². The average molecular weight is 1100 g/mol. The summed E-state index contributed by atoms with van der Waals surface area (Å²) in [6, 6.07) is 106. The molecule has 86 heavy (non-hydrogen) atoms. The van der Waals surface area contributed by atoms with Gasteiger partial charge in [-0.1, -0.05) is 176 Å². The average Bonchev–Trinajstić information content (AvgIpc) is 2.44. The molecule has 5 aromatic heterocycles. The number of aryl methyl sites for hydroxylation is 1. The summed E-state index contributed by atoms with van der Waals surface area (Å²) >= 11 is 0. The molecule has 0 fully saturated rings. The molecule has 0 aliphatic rings. The fourth-order valence-electron chi connectivity index (χ4n) is 14.9. The number of hydrogen-bond donors (Lipinski definition) is 0. The Morgan fingerprint density at radius 3 is 1.09 bits per heavy atom. The smallest absolute Gasteiger partial charge is 0.0573 e. The molecular weight excluding hydrogens is 1040 g/mol. The van der Waals surface area contributed by atoms with Crippen molar-refractivity contribution in [2.75, 3.05) is 0 Å². The molecule has 18 aromatic rings. The highest BCUT2D eigenvalue weighted by Gasteiger charge is 2.23. The lowest BCUT2D eigenvalue weighted by atomic mass is 9.97. The fraction of sp³-hybridized carbons (Fsp3) is 0.0370. The number of fused-ring (bicyclic) bond motifs is 15. The maximum atomic E-state index is 2.51. The number of benzene rings is 13. The highest BCUT2D eigenvalue weighted by molar-refractivity contribution is 6.15. The maximum Gasteiger partial charge on any atom is 0.0573 e. The molecule has 5 heteroatoms. The Hall–Kier alpha value is -11.1. The Labute approximate surface area is 496 Å².